The molecule has 1 aromatic carbocycles. The van der Waals surface area contributed by atoms with Crippen LogP contribution in [0.1, 0.15) is 36.0 Å². The lowest BCUT2D eigenvalue weighted by Crippen LogP contribution is -2.35. The normalized spacial score (nSPS) is 18.6. The van der Waals surface area contributed by atoms with E-state index in [0.29, 0.717) is 6.61 Å². The quantitative estimate of drug-likeness (QED) is 0.802. The molecule has 2 rings (SSSR count). The molecule has 0 saturated heterocycles. The minimum absolute atomic E-state index is 0.208. The molecule has 15 heavy (non-hydrogen) atoms. The lowest BCUT2D eigenvalue weighted by molar-refractivity contribution is 0.0449. The van der Waals surface area contributed by atoms with Crippen molar-refractivity contribution in [3.05, 3.63) is 34.9 Å². The Balaban J connectivity index is 2.16. The largest absolute Gasteiger partial charge is 0.396 e. The highest BCUT2D eigenvalue weighted by Gasteiger charge is 2.36. The summed E-state index contributed by atoms with van der Waals surface area (Å²) in [5.41, 5.74) is 4.31. The third kappa shape index (κ3) is 2.07. The van der Waals surface area contributed by atoms with Crippen LogP contribution in [0.25, 0.3) is 0 Å². The van der Waals surface area contributed by atoms with Crippen LogP contribution in [0.2, 0.25) is 0 Å². The van der Waals surface area contributed by atoms with E-state index in [1.165, 1.54) is 36.0 Å². The molecule has 0 aliphatic heterocycles. The number of hydrogen-bond donors (Lipinski definition) is 1. The van der Waals surface area contributed by atoms with Crippen LogP contribution in [-0.2, 0) is 6.42 Å². The highest BCUT2D eigenvalue weighted by Crippen LogP contribution is 2.43. The molecular weight excluding hydrogens is 184 g/mol. The Morgan fingerprint density at radius 1 is 1.27 bits per heavy atom. The van der Waals surface area contributed by atoms with Gasteiger partial charge >= 0.3 is 0 Å². The first kappa shape index (κ1) is 10.7. The third-order valence-corrected chi connectivity index (χ3v) is 3.81. The molecule has 0 amide bonds. The first-order valence-electron chi connectivity index (χ1n) is 5.82. The third-order valence-electron chi connectivity index (χ3n) is 3.81. The highest BCUT2D eigenvalue weighted by atomic mass is 16.3. The van der Waals surface area contributed by atoms with E-state index >= 15 is 0 Å². The molecule has 0 aromatic heterocycles. The summed E-state index contributed by atoms with van der Waals surface area (Å²) in [6.07, 6.45) is 4.72. The number of aryl methyl sites for hydroxylation is 2. The van der Waals surface area contributed by atoms with E-state index in [9.17, 15) is 5.11 Å². The molecule has 1 aliphatic rings. The molecule has 0 spiro atoms. The molecule has 0 heterocycles. The topological polar surface area (TPSA) is 20.2 Å². The lowest BCUT2D eigenvalue weighted by atomic mass is 9.65. The van der Waals surface area contributed by atoms with Crippen LogP contribution in [-0.4, -0.2) is 11.7 Å². The van der Waals surface area contributed by atoms with Gasteiger partial charge < -0.3 is 5.11 Å². The van der Waals surface area contributed by atoms with Crippen molar-refractivity contribution in [3.8, 4) is 0 Å². The maximum atomic E-state index is 9.44. The van der Waals surface area contributed by atoms with Crippen molar-refractivity contribution in [3.63, 3.8) is 0 Å². The Bertz CT molecular complexity index is 345. The van der Waals surface area contributed by atoms with E-state index in [4.69, 9.17) is 0 Å². The molecule has 0 atom stereocenters. The first-order valence-corrected chi connectivity index (χ1v) is 5.82. The second-order valence-electron chi connectivity index (χ2n) is 5.12. The van der Waals surface area contributed by atoms with Gasteiger partial charge in [-0.05, 0) is 49.7 Å². The van der Waals surface area contributed by atoms with E-state index in [1.807, 2.05) is 0 Å². The van der Waals surface area contributed by atoms with Gasteiger partial charge in [0.15, 0.2) is 0 Å². The zero-order valence-electron chi connectivity index (χ0n) is 9.71. The fourth-order valence-corrected chi connectivity index (χ4v) is 2.52. The van der Waals surface area contributed by atoms with E-state index in [0.717, 1.165) is 6.42 Å². The summed E-state index contributed by atoms with van der Waals surface area (Å²) < 4.78 is 0. The van der Waals surface area contributed by atoms with Gasteiger partial charge in [0.2, 0.25) is 0 Å². The van der Waals surface area contributed by atoms with Crippen LogP contribution >= 0.6 is 0 Å². The summed E-state index contributed by atoms with van der Waals surface area (Å²) in [5, 5.41) is 9.44. The molecule has 1 saturated carbocycles. The number of benzene rings is 1. The number of rotatable bonds is 3. The molecule has 1 aromatic rings. The average Bonchev–Trinajstić information content (AvgIpc) is 2.14. The molecule has 0 unspecified atom stereocenters. The van der Waals surface area contributed by atoms with Crippen molar-refractivity contribution >= 4 is 0 Å². The van der Waals surface area contributed by atoms with E-state index in [2.05, 4.69) is 32.0 Å². The summed E-state index contributed by atoms with van der Waals surface area (Å²) in [7, 11) is 0. The number of aliphatic hydroxyl groups excluding tert-OH is 1. The van der Waals surface area contributed by atoms with E-state index < -0.39 is 0 Å². The van der Waals surface area contributed by atoms with Gasteiger partial charge in [-0.2, -0.15) is 0 Å². The predicted octanol–water partition coefficient (Wildman–Crippen LogP) is 3.01. The Morgan fingerprint density at radius 2 is 2.00 bits per heavy atom. The van der Waals surface area contributed by atoms with Crippen molar-refractivity contribution in [2.75, 3.05) is 6.61 Å². The fraction of sp³-hybridized carbons (Fsp3) is 0.571. The molecule has 1 N–H and O–H groups in total. The molecule has 1 nitrogen and oxygen atoms in total. The van der Waals surface area contributed by atoms with Crippen LogP contribution in [0.3, 0.4) is 0 Å². The summed E-state index contributed by atoms with van der Waals surface area (Å²) in [5.74, 6) is 0. The van der Waals surface area contributed by atoms with Gasteiger partial charge in [-0.15, -0.1) is 0 Å². The predicted molar refractivity (Wildman–Crippen MR) is 63.0 cm³/mol. The summed E-state index contributed by atoms with van der Waals surface area (Å²) in [4.78, 5) is 0. The van der Waals surface area contributed by atoms with Crippen LogP contribution in [0, 0.1) is 19.3 Å². The average molecular weight is 204 g/mol. The molecule has 82 valence electrons. The van der Waals surface area contributed by atoms with Crippen molar-refractivity contribution < 1.29 is 5.11 Å². The minimum Gasteiger partial charge on any atom is -0.396 e. The molecule has 1 aliphatic carbocycles. The van der Waals surface area contributed by atoms with Gasteiger partial charge in [-0.3, -0.25) is 0 Å². The van der Waals surface area contributed by atoms with Gasteiger partial charge in [0.05, 0.1) is 0 Å². The molecule has 0 bridgehead atoms. The van der Waals surface area contributed by atoms with Gasteiger partial charge in [0, 0.05) is 6.61 Å². The number of aliphatic hydroxyl groups is 1. The Labute approximate surface area is 92.1 Å². The lowest BCUT2D eigenvalue weighted by Gasteiger charge is -2.40. The second-order valence-corrected chi connectivity index (χ2v) is 5.12. The summed E-state index contributed by atoms with van der Waals surface area (Å²) in [6.45, 7) is 4.65. The van der Waals surface area contributed by atoms with Crippen molar-refractivity contribution in [1.82, 2.24) is 0 Å². The van der Waals surface area contributed by atoms with Gasteiger partial charge in [-0.1, -0.05) is 30.2 Å². The standard InChI is InChI=1S/C14H20O/c1-11-4-5-13(12(2)8-11)9-14(10-15)6-3-7-14/h4-5,8,15H,3,6-7,9-10H2,1-2H3. The summed E-state index contributed by atoms with van der Waals surface area (Å²) >= 11 is 0. The Kier molecular flexibility index (Phi) is 2.83. The molecule has 0 radical (unpaired) electrons. The summed E-state index contributed by atoms with van der Waals surface area (Å²) in [6, 6.07) is 6.63. The zero-order chi connectivity index (χ0) is 10.9. The zero-order valence-corrected chi connectivity index (χ0v) is 9.71. The van der Waals surface area contributed by atoms with Gasteiger partial charge in [0.25, 0.3) is 0 Å². The van der Waals surface area contributed by atoms with Crippen LogP contribution in [0.15, 0.2) is 18.2 Å². The van der Waals surface area contributed by atoms with Crippen molar-refractivity contribution in [2.24, 2.45) is 5.41 Å². The smallest absolute Gasteiger partial charge is 0.0490 e. The van der Waals surface area contributed by atoms with Gasteiger partial charge in [0.1, 0.15) is 0 Å². The number of hydrogen-bond acceptors (Lipinski definition) is 1. The molecule has 1 heteroatoms. The Morgan fingerprint density at radius 3 is 2.47 bits per heavy atom. The molecular formula is C14H20O. The maximum Gasteiger partial charge on any atom is 0.0490 e. The van der Waals surface area contributed by atoms with Crippen molar-refractivity contribution in [1.29, 1.82) is 0 Å². The SMILES string of the molecule is Cc1ccc(CC2(CO)CCC2)c(C)c1. The Hall–Kier alpha value is -0.820. The maximum absolute atomic E-state index is 9.44. The van der Waals surface area contributed by atoms with Gasteiger partial charge in [-0.25, -0.2) is 0 Å². The first-order chi connectivity index (χ1) is 7.15. The second kappa shape index (κ2) is 3.97. The fourth-order valence-electron chi connectivity index (χ4n) is 2.52. The minimum atomic E-state index is 0.208. The van der Waals surface area contributed by atoms with Crippen LogP contribution in [0.5, 0.6) is 0 Å². The van der Waals surface area contributed by atoms with Crippen molar-refractivity contribution in [2.45, 2.75) is 39.5 Å². The monoisotopic (exact) mass is 204 g/mol. The van der Waals surface area contributed by atoms with Crippen LogP contribution in [0.4, 0.5) is 0 Å². The van der Waals surface area contributed by atoms with Crippen LogP contribution < -0.4 is 0 Å². The van der Waals surface area contributed by atoms with E-state index in [1.54, 1.807) is 0 Å². The highest BCUT2D eigenvalue weighted by molar-refractivity contribution is 5.31. The van der Waals surface area contributed by atoms with E-state index in [-0.39, 0.29) is 5.41 Å². The molecule has 1 fully saturated rings.